The number of carbonyl (C=O) groups excluding carboxylic acids is 2. The summed E-state index contributed by atoms with van der Waals surface area (Å²) < 4.78 is 42.8. The van der Waals surface area contributed by atoms with E-state index in [-0.39, 0.29) is 35.6 Å². The molecule has 1 fully saturated rings. The van der Waals surface area contributed by atoms with Gasteiger partial charge in [-0.1, -0.05) is 6.08 Å². The van der Waals surface area contributed by atoms with Gasteiger partial charge in [-0.25, -0.2) is 5.84 Å². The molecule has 7 N–H and O–H groups in total. The number of hydrazine groups is 1. The molecular weight excluding hydrogens is 415 g/mol. The van der Waals surface area contributed by atoms with E-state index in [1.165, 1.54) is 24.4 Å². The third-order valence-corrected chi connectivity index (χ3v) is 4.26. The number of nitrogens with two attached hydrogens (primary N) is 1. The van der Waals surface area contributed by atoms with Crippen molar-refractivity contribution in [1.29, 1.82) is 0 Å². The summed E-state index contributed by atoms with van der Waals surface area (Å²) in [5, 5.41) is 5.72. The Kier molecular flexibility index (Phi) is 8.46. The Labute approximate surface area is 178 Å². The molecule has 0 heterocycles. The molecule has 1 aliphatic rings. The van der Waals surface area contributed by atoms with Gasteiger partial charge < -0.3 is 21.1 Å². The van der Waals surface area contributed by atoms with Crippen molar-refractivity contribution in [1.82, 2.24) is 10.6 Å². The largest absolute Gasteiger partial charge is 0.491 e. The van der Waals surface area contributed by atoms with Crippen molar-refractivity contribution in [3.63, 3.8) is 0 Å². The van der Waals surface area contributed by atoms with Crippen LogP contribution in [0.2, 0.25) is 0 Å². The number of halogens is 3. The molecule has 11 heteroatoms. The minimum Gasteiger partial charge on any atom is -0.491 e. The first-order valence-electron chi connectivity index (χ1n) is 9.72. The van der Waals surface area contributed by atoms with Crippen molar-refractivity contribution in [3.8, 4) is 5.75 Å². The third kappa shape index (κ3) is 8.30. The van der Waals surface area contributed by atoms with Crippen LogP contribution in [0.15, 0.2) is 42.8 Å². The number of nitrogens with zero attached hydrogens (tertiary/aromatic N) is 1. The number of hydrogen-bond acceptors (Lipinski definition) is 5. The molecule has 170 valence electrons. The molecule has 0 spiro atoms. The maximum atomic E-state index is 12.4. The average Bonchev–Trinajstić information content (AvgIpc) is 3.52. The molecule has 0 atom stereocenters. The fourth-order valence-corrected chi connectivity index (χ4v) is 2.48. The van der Waals surface area contributed by atoms with Crippen LogP contribution in [-0.2, 0) is 4.79 Å². The quantitative estimate of drug-likeness (QED) is 0.135. The summed E-state index contributed by atoms with van der Waals surface area (Å²) in [6.07, 6.45) is 1.68. The Bertz CT molecular complexity index is 838. The summed E-state index contributed by atoms with van der Waals surface area (Å²) in [7, 11) is 0. The lowest BCUT2D eigenvalue weighted by atomic mass is 10.1. The molecule has 0 bridgehead atoms. The molecule has 2 rings (SSSR count). The predicted molar refractivity (Wildman–Crippen MR) is 109 cm³/mol. The zero-order valence-electron chi connectivity index (χ0n) is 17.0. The third-order valence-electron chi connectivity index (χ3n) is 4.26. The van der Waals surface area contributed by atoms with Crippen molar-refractivity contribution in [3.05, 3.63) is 48.3 Å². The van der Waals surface area contributed by atoms with Crippen molar-refractivity contribution in [2.24, 2.45) is 5.84 Å². The first-order valence-corrected chi connectivity index (χ1v) is 9.72. The van der Waals surface area contributed by atoms with Crippen LogP contribution >= 0.6 is 0 Å². The highest BCUT2D eigenvalue weighted by molar-refractivity contribution is 5.95. The number of ether oxygens (including phenoxy) is 1. The summed E-state index contributed by atoms with van der Waals surface area (Å²) in [4.78, 5) is 24.2. The molecule has 31 heavy (non-hydrogen) atoms. The maximum absolute atomic E-state index is 12.4. The van der Waals surface area contributed by atoms with E-state index >= 15 is 0 Å². The van der Waals surface area contributed by atoms with E-state index in [2.05, 4.69) is 17.6 Å². The fourth-order valence-electron chi connectivity index (χ4n) is 2.48. The number of carbonyl (C=O) groups is 2. The Balaban J connectivity index is 2.19. The number of rotatable bonds is 11. The van der Waals surface area contributed by atoms with Gasteiger partial charge in [0.15, 0.2) is 0 Å². The van der Waals surface area contributed by atoms with Gasteiger partial charge in [-0.3, -0.25) is 14.6 Å². The molecule has 8 nitrogen and oxygen atoms in total. The van der Waals surface area contributed by atoms with Crippen molar-refractivity contribution in [2.45, 2.75) is 37.9 Å². The number of allylic oxidation sites excluding steroid dienone is 1. The van der Waals surface area contributed by atoms with Crippen LogP contribution < -0.4 is 32.0 Å². The molecule has 0 saturated heterocycles. The van der Waals surface area contributed by atoms with Crippen LogP contribution in [-0.4, -0.2) is 37.2 Å². The second-order valence-electron chi connectivity index (χ2n) is 7.07. The van der Waals surface area contributed by atoms with E-state index in [1.807, 2.05) is 5.32 Å². The average molecular weight is 442 g/mol. The normalized spacial score (nSPS) is 14.0. The van der Waals surface area contributed by atoms with Gasteiger partial charge in [-0.05, 0) is 43.9 Å². The van der Waals surface area contributed by atoms with Crippen LogP contribution in [0, 0.1) is 0 Å². The fraction of sp³-hybridized carbons (Fsp3) is 0.400. The highest BCUT2D eigenvalue weighted by Gasteiger charge is 2.28. The van der Waals surface area contributed by atoms with Crippen LogP contribution in [0.4, 0.5) is 18.9 Å². The van der Waals surface area contributed by atoms with Crippen LogP contribution in [0.3, 0.4) is 0 Å². The van der Waals surface area contributed by atoms with Gasteiger partial charge in [0, 0.05) is 11.6 Å². The second-order valence-corrected chi connectivity index (χ2v) is 7.07. The van der Waals surface area contributed by atoms with E-state index in [4.69, 9.17) is 10.6 Å². The summed E-state index contributed by atoms with van der Waals surface area (Å²) in [6, 6.07) is 4.20. The number of quaternary nitrogens is 1. The van der Waals surface area contributed by atoms with Crippen molar-refractivity contribution in [2.75, 3.05) is 18.2 Å². The van der Waals surface area contributed by atoms with Crippen LogP contribution in [0.1, 0.15) is 36.0 Å². The predicted octanol–water partition coefficient (Wildman–Crippen LogP) is 1.37. The molecule has 0 unspecified atom stereocenters. The Hall–Kier alpha value is -3.05. The number of amides is 2. The summed E-state index contributed by atoms with van der Waals surface area (Å²) in [5.74, 6) is 4.97. The first-order chi connectivity index (χ1) is 14.6. The lowest BCUT2D eigenvalue weighted by Gasteiger charge is -2.19. The number of hydrogen-bond donors (Lipinski definition) is 4. The SMILES string of the molecule is C=CCCCOc1cc(C(=O)NCC(F)(F)F)ccc1N(N)/C=C(\[NH3+])C(=O)NC1CC1. The highest BCUT2D eigenvalue weighted by atomic mass is 19.4. The van der Waals surface area contributed by atoms with E-state index in [9.17, 15) is 22.8 Å². The Morgan fingerprint density at radius 3 is 2.68 bits per heavy atom. The molecular formula is C20H27F3N5O3+. The summed E-state index contributed by atoms with van der Waals surface area (Å²) in [5.41, 5.74) is 4.11. The number of alkyl halides is 3. The topological polar surface area (TPSA) is 124 Å². The molecule has 0 radical (unpaired) electrons. The molecule has 0 aliphatic heterocycles. The number of unbranched alkanes of at least 4 members (excludes halogenated alkanes) is 1. The molecule has 1 aromatic rings. The lowest BCUT2D eigenvalue weighted by Crippen LogP contribution is -2.55. The van der Waals surface area contributed by atoms with Crippen molar-refractivity contribution >= 4 is 17.5 Å². The zero-order valence-corrected chi connectivity index (χ0v) is 17.0. The Morgan fingerprint density at radius 1 is 1.35 bits per heavy atom. The molecule has 1 aromatic carbocycles. The standard InChI is InChI=1S/C20H26F3N5O3/c1-2-3-4-9-31-17-10-13(18(29)26-12-20(21,22)23)5-8-16(17)28(25)11-15(24)19(30)27-14-6-7-14/h2,5,8,10-11,14H,1,3-4,6-7,9,12,24-25H2,(H,26,29)(H,27,30)/p+1/b15-11-. The minimum absolute atomic E-state index is 0.0228. The van der Waals surface area contributed by atoms with Crippen LogP contribution in [0.5, 0.6) is 5.75 Å². The molecule has 0 aromatic heterocycles. The van der Waals surface area contributed by atoms with Gasteiger partial charge in [-0.2, -0.15) is 13.2 Å². The number of anilines is 1. The lowest BCUT2D eigenvalue weighted by molar-refractivity contribution is -0.299. The zero-order chi connectivity index (χ0) is 23.0. The molecule has 1 aliphatic carbocycles. The monoisotopic (exact) mass is 442 g/mol. The summed E-state index contributed by atoms with van der Waals surface area (Å²) in [6.45, 7) is 2.44. The van der Waals surface area contributed by atoms with Gasteiger partial charge in [-0.15, -0.1) is 6.58 Å². The van der Waals surface area contributed by atoms with E-state index in [0.717, 1.165) is 17.9 Å². The number of nitrogens with one attached hydrogen (secondary N) is 2. The first kappa shape index (κ1) is 24.2. The minimum atomic E-state index is -4.52. The number of benzene rings is 1. The van der Waals surface area contributed by atoms with Gasteiger partial charge in [0.1, 0.15) is 12.3 Å². The smallest absolute Gasteiger partial charge is 0.405 e. The summed E-state index contributed by atoms with van der Waals surface area (Å²) >= 11 is 0. The molecule has 1 saturated carbocycles. The van der Waals surface area contributed by atoms with Crippen molar-refractivity contribution < 1.29 is 33.2 Å². The van der Waals surface area contributed by atoms with Gasteiger partial charge in [0.2, 0.25) is 5.70 Å². The highest BCUT2D eigenvalue weighted by Crippen LogP contribution is 2.29. The second kappa shape index (κ2) is 10.8. The van der Waals surface area contributed by atoms with Gasteiger partial charge in [0.05, 0.1) is 18.5 Å². The van der Waals surface area contributed by atoms with E-state index < -0.39 is 18.6 Å². The van der Waals surface area contributed by atoms with E-state index in [0.29, 0.717) is 18.5 Å². The van der Waals surface area contributed by atoms with Crippen LogP contribution in [0.25, 0.3) is 0 Å². The van der Waals surface area contributed by atoms with E-state index in [1.54, 1.807) is 6.08 Å². The maximum Gasteiger partial charge on any atom is 0.405 e. The molecule has 2 amide bonds. The Morgan fingerprint density at radius 2 is 2.06 bits per heavy atom. The van der Waals surface area contributed by atoms with Gasteiger partial charge in [0.25, 0.3) is 5.91 Å². The van der Waals surface area contributed by atoms with Gasteiger partial charge >= 0.3 is 12.1 Å².